The Morgan fingerprint density at radius 3 is 2.88 bits per heavy atom. The third-order valence-corrected chi connectivity index (χ3v) is 2.54. The van der Waals surface area contributed by atoms with E-state index in [9.17, 15) is 9.90 Å². The minimum absolute atomic E-state index is 0.178. The van der Waals surface area contributed by atoms with Gasteiger partial charge in [0.2, 0.25) is 0 Å². The quantitative estimate of drug-likeness (QED) is 0.828. The van der Waals surface area contributed by atoms with E-state index in [4.69, 9.17) is 5.11 Å². The van der Waals surface area contributed by atoms with Gasteiger partial charge in [-0.05, 0) is 30.7 Å². The highest BCUT2D eigenvalue weighted by Gasteiger charge is 2.02. The van der Waals surface area contributed by atoms with Crippen LogP contribution in [-0.4, -0.2) is 20.7 Å². The Balaban J connectivity index is 2.15. The van der Waals surface area contributed by atoms with Crippen LogP contribution in [0.5, 0.6) is 5.75 Å². The van der Waals surface area contributed by atoms with Crippen molar-refractivity contribution >= 4 is 16.9 Å². The molecule has 0 spiro atoms. The first-order valence-electron chi connectivity index (χ1n) is 5.16. The number of carboxylic acid groups (broad SMARTS) is 1. The van der Waals surface area contributed by atoms with Crippen LogP contribution in [0.4, 0.5) is 0 Å². The van der Waals surface area contributed by atoms with Crippen LogP contribution in [-0.2, 0) is 11.3 Å². The van der Waals surface area contributed by atoms with Crippen LogP contribution in [0.1, 0.15) is 12.8 Å². The Bertz CT molecular complexity index is 516. The van der Waals surface area contributed by atoms with Gasteiger partial charge in [-0.1, -0.05) is 0 Å². The minimum Gasteiger partial charge on any atom is -0.508 e. The number of carboxylic acids is 1. The van der Waals surface area contributed by atoms with Crippen molar-refractivity contribution in [2.45, 2.75) is 19.4 Å². The van der Waals surface area contributed by atoms with Gasteiger partial charge in [0, 0.05) is 30.1 Å². The number of aliphatic carboxylic acids is 1. The molecule has 0 aliphatic rings. The summed E-state index contributed by atoms with van der Waals surface area (Å²) in [5.74, 6) is -0.523. The lowest BCUT2D eigenvalue weighted by atomic mass is 10.2. The average Bonchev–Trinajstić information content (AvgIpc) is 2.60. The normalized spacial score (nSPS) is 10.8. The van der Waals surface area contributed by atoms with E-state index in [2.05, 4.69) is 0 Å². The fourth-order valence-corrected chi connectivity index (χ4v) is 1.78. The molecule has 2 N–H and O–H groups in total. The fraction of sp³-hybridized carbons (Fsp3) is 0.250. The predicted molar refractivity (Wildman–Crippen MR) is 60.5 cm³/mol. The molecule has 2 rings (SSSR count). The first kappa shape index (κ1) is 10.5. The molecular weight excluding hydrogens is 206 g/mol. The van der Waals surface area contributed by atoms with Crippen LogP contribution in [0.15, 0.2) is 30.5 Å². The number of phenols is 1. The van der Waals surface area contributed by atoms with Gasteiger partial charge in [0.15, 0.2) is 0 Å². The van der Waals surface area contributed by atoms with Gasteiger partial charge in [-0.25, -0.2) is 0 Å². The van der Waals surface area contributed by atoms with Crippen molar-refractivity contribution in [1.29, 1.82) is 0 Å². The van der Waals surface area contributed by atoms with Gasteiger partial charge in [-0.15, -0.1) is 0 Å². The molecular formula is C12H13NO3. The molecule has 4 heteroatoms. The van der Waals surface area contributed by atoms with Crippen molar-refractivity contribution in [1.82, 2.24) is 4.57 Å². The SMILES string of the molecule is O=C(O)CCCn1ccc2cc(O)ccc21. The third kappa shape index (κ3) is 2.16. The van der Waals surface area contributed by atoms with Gasteiger partial charge in [0.25, 0.3) is 0 Å². The summed E-state index contributed by atoms with van der Waals surface area (Å²) in [5, 5.41) is 18.8. The van der Waals surface area contributed by atoms with E-state index >= 15 is 0 Å². The smallest absolute Gasteiger partial charge is 0.303 e. The number of carbonyl (C=O) groups is 1. The summed E-state index contributed by atoms with van der Waals surface area (Å²) in [6.07, 6.45) is 2.70. The highest BCUT2D eigenvalue weighted by atomic mass is 16.4. The Kier molecular flexibility index (Phi) is 2.81. The first-order chi connectivity index (χ1) is 7.66. The second-order valence-corrected chi connectivity index (χ2v) is 3.75. The van der Waals surface area contributed by atoms with Crippen LogP contribution in [0, 0.1) is 0 Å². The maximum absolute atomic E-state index is 10.4. The zero-order valence-electron chi connectivity index (χ0n) is 8.76. The lowest BCUT2D eigenvalue weighted by Crippen LogP contribution is -2.00. The van der Waals surface area contributed by atoms with Gasteiger partial charge in [-0.2, -0.15) is 0 Å². The molecule has 2 aromatic rings. The number of aryl methyl sites for hydroxylation is 1. The number of aromatic hydroxyl groups is 1. The topological polar surface area (TPSA) is 62.5 Å². The molecule has 0 atom stereocenters. The lowest BCUT2D eigenvalue weighted by Gasteiger charge is -2.03. The summed E-state index contributed by atoms with van der Waals surface area (Å²) >= 11 is 0. The molecule has 84 valence electrons. The van der Waals surface area contributed by atoms with Crippen molar-refractivity contribution in [3.05, 3.63) is 30.5 Å². The second-order valence-electron chi connectivity index (χ2n) is 3.75. The summed E-state index contributed by atoms with van der Waals surface area (Å²) in [5.41, 5.74) is 1.02. The maximum atomic E-state index is 10.4. The average molecular weight is 219 g/mol. The van der Waals surface area contributed by atoms with Crippen LogP contribution in [0.25, 0.3) is 10.9 Å². The standard InChI is InChI=1S/C12H13NO3/c14-10-3-4-11-9(8-10)5-7-13(11)6-1-2-12(15)16/h3-5,7-8,14H,1-2,6H2,(H,15,16). The molecule has 16 heavy (non-hydrogen) atoms. The monoisotopic (exact) mass is 219 g/mol. The van der Waals surface area contributed by atoms with E-state index in [1.54, 1.807) is 12.1 Å². The molecule has 4 nitrogen and oxygen atoms in total. The number of hydrogen-bond donors (Lipinski definition) is 2. The maximum Gasteiger partial charge on any atom is 0.303 e. The Labute approximate surface area is 92.7 Å². The number of rotatable bonds is 4. The number of hydrogen-bond acceptors (Lipinski definition) is 2. The molecule has 0 fully saturated rings. The number of phenolic OH excluding ortho intramolecular Hbond substituents is 1. The summed E-state index contributed by atoms with van der Waals surface area (Å²) in [4.78, 5) is 10.4. The molecule has 1 aromatic heterocycles. The molecule has 0 bridgehead atoms. The van der Waals surface area contributed by atoms with Gasteiger partial charge in [0.05, 0.1) is 0 Å². The van der Waals surface area contributed by atoms with Gasteiger partial charge in [-0.3, -0.25) is 4.79 Å². The van der Waals surface area contributed by atoms with Crippen molar-refractivity contribution in [2.24, 2.45) is 0 Å². The first-order valence-corrected chi connectivity index (χ1v) is 5.16. The zero-order valence-corrected chi connectivity index (χ0v) is 8.76. The van der Waals surface area contributed by atoms with Crippen molar-refractivity contribution in [2.75, 3.05) is 0 Å². The van der Waals surface area contributed by atoms with Crippen LogP contribution in [0.3, 0.4) is 0 Å². The molecule has 0 saturated carbocycles. The van der Waals surface area contributed by atoms with E-state index in [1.165, 1.54) is 0 Å². The van der Waals surface area contributed by atoms with Crippen molar-refractivity contribution in [3.8, 4) is 5.75 Å². The Morgan fingerprint density at radius 1 is 1.31 bits per heavy atom. The van der Waals surface area contributed by atoms with E-state index in [1.807, 2.05) is 22.9 Å². The van der Waals surface area contributed by atoms with E-state index < -0.39 is 5.97 Å². The van der Waals surface area contributed by atoms with Gasteiger partial charge >= 0.3 is 5.97 Å². The third-order valence-electron chi connectivity index (χ3n) is 2.54. The highest BCUT2D eigenvalue weighted by molar-refractivity contribution is 5.81. The molecule has 0 unspecified atom stereocenters. The Morgan fingerprint density at radius 2 is 2.12 bits per heavy atom. The number of benzene rings is 1. The molecule has 0 amide bonds. The van der Waals surface area contributed by atoms with Gasteiger partial charge < -0.3 is 14.8 Å². The van der Waals surface area contributed by atoms with Crippen molar-refractivity contribution in [3.63, 3.8) is 0 Å². The molecule has 0 saturated heterocycles. The van der Waals surface area contributed by atoms with Gasteiger partial charge in [0.1, 0.15) is 5.75 Å². The largest absolute Gasteiger partial charge is 0.508 e. The van der Waals surface area contributed by atoms with E-state index in [-0.39, 0.29) is 12.2 Å². The number of nitrogens with zero attached hydrogens (tertiary/aromatic N) is 1. The molecule has 0 radical (unpaired) electrons. The van der Waals surface area contributed by atoms with Crippen molar-refractivity contribution < 1.29 is 15.0 Å². The minimum atomic E-state index is -0.769. The highest BCUT2D eigenvalue weighted by Crippen LogP contribution is 2.21. The van der Waals surface area contributed by atoms with Crippen LogP contribution < -0.4 is 0 Å². The Hall–Kier alpha value is -1.97. The lowest BCUT2D eigenvalue weighted by molar-refractivity contribution is -0.137. The fourth-order valence-electron chi connectivity index (χ4n) is 1.78. The summed E-state index contributed by atoms with van der Waals surface area (Å²) < 4.78 is 2.00. The second kappa shape index (κ2) is 4.26. The zero-order chi connectivity index (χ0) is 11.5. The number of aromatic nitrogens is 1. The molecule has 0 aliphatic heterocycles. The summed E-state index contributed by atoms with van der Waals surface area (Å²) in [6, 6.07) is 7.08. The van der Waals surface area contributed by atoms with E-state index in [0.717, 1.165) is 10.9 Å². The van der Waals surface area contributed by atoms with E-state index in [0.29, 0.717) is 13.0 Å². The molecule has 0 aliphatic carbocycles. The van der Waals surface area contributed by atoms with Crippen LogP contribution >= 0.6 is 0 Å². The molecule has 1 heterocycles. The molecule has 1 aromatic carbocycles. The summed E-state index contributed by atoms with van der Waals surface area (Å²) in [7, 11) is 0. The summed E-state index contributed by atoms with van der Waals surface area (Å²) in [6.45, 7) is 0.681. The predicted octanol–water partition coefficient (Wildman–Crippen LogP) is 2.21. The number of fused-ring (bicyclic) bond motifs is 1. The van der Waals surface area contributed by atoms with Crippen LogP contribution in [0.2, 0.25) is 0 Å².